The first-order chi connectivity index (χ1) is 9.26. The van der Waals surface area contributed by atoms with Crippen molar-refractivity contribution in [2.45, 2.75) is 17.0 Å². The molecule has 0 unspecified atom stereocenters. The van der Waals surface area contributed by atoms with Gasteiger partial charge in [-0.3, -0.25) is 4.98 Å². The van der Waals surface area contributed by atoms with Crippen LogP contribution in [0.4, 0.5) is 5.95 Å². The van der Waals surface area contributed by atoms with E-state index in [-0.39, 0.29) is 0 Å². The quantitative estimate of drug-likeness (QED) is 0.748. The van der Waals surface area contributed by atoms with Crippen LogP contribution in [0.3, 0.4) is 0 Å². The van der Waals surface area contributed by atoms with E-state index in [9.17, 15) is 0 Å². The normalized spacial score (nSPS) is 10.8. The highest BCUT2D eigenvalue weighted by Gasteiger charge is 2.11. The molecule has 96 valence electrons. The van der Waals surface area contributed by atoms with Crippen LogP contribution in [0.5, 0.6) is 0 Å². The Hall–Kier alpha value is -1.73. The second-order valence-corrected chi connectivity index (χ2v) is 6.07. The minimum Gasteiger partial charge on any atom is -0.357 e. The van der Waals surface area contributed by atoms with E-state index in [4.69, 9.17) is 0 Å². The maximum atomic E-state index is 4.51. The van der Waals surface area contributed by atoms with Crippen molar-refractivity contribution < 1.29 is 0 Å². The van der Waals surface area contributed by atoms with Crippen molar-refractivity contribution in [3.05, 3.63) is 29.5 Å². The molecule has 0 saturated carbocycles. The van der Waals surface area contributed by atoms with Gasteiger partial charge in [-0.05, 0) is 24.8 Å². The van der Waals surface area contributed by atoms with Crippen LogP contribution in [0, 0.1) is 6.92 Å². The number of rotatable bonds is 3. The van der Waals surface area contributed by atoms with Crippen molar-refractivity contribution in [3.8, 4) is 0 Å². The summed E-state index contributed by atoms with van der Waals surface area (Å²) in [5.41, 5.74) is 0. The number of thiophene rings is 1. The first kappa shape index (κ1) is 12.3. The number of hydrogen-bond acceptors (Lipinski definition) is 7. The lowest BCUT2D eigenvalue weighted by molar-refractivity contribution is 1.04. The van der Waals surface area contributed by atoms with Gasteiger partial charge < -0.3 is 5.32 Å². The molecule has 1 N–H and O–H groups in total. The predicted molar refractivity (Wildman–Crippen MR) is 77.9 cm³/mol. The Morgan fingerprint density at radius 2 is 2.16 bits per heavy atom. The minimum atomic E-state index is 0.626. The molecular weight excluding hydrogens is 278 g/mol. The highest BCUT2D eigenvalue weighted by Crippen LogP contribution is 2.34. The average Bonchev–Trinajstić information content (AvgIpc) is 2.80. The summed E-state index contributed by atoms with van der Waals surface area (Å²) in [6, 6.07) is 2.11. The molecule has 3 heterocycles. The largest absolute Gasteiger partial charge is 0.357 e. The summed E-state index contributed by atoms with van der Waals surface area (Å²) in [5.74, 6) is 0.626. The topological polar surface area (TPSA) is 63.6 Å². The summed E-state index contributed by atoms with van der Waals surface area (Å²) in [6.45, 7) is 2.07. The number of aromatic nitrogens is 4. The molecule has 0 atom stereocenters. The maximum Gasteiger partial charge on any atom is 0.224 e. The maximum absolute atomic E-state index is 4.51. The van der Waals surface area contributed by atoms with Gasteiger partial charge in [-0.25, -0.2) is 15.0 Å². The van der Waals surface area contributed by atoms with E-state index in [1.54, 1.807) is 29.9 Å². The second kappa shape index (κ2) is 5.10. The van der Waals surface area contributed by atoms with Gasteiger partial charge in [-0.2, -0.15) is 0 Å². The Bertz CT molecular complexity index is 711. The highest BCUT2D eigenvalue weighted by molar-refractivity contribution is 7.99. The van der Waals surface area contributed by atoms with Gasteiger partial charge in [0.1, 0.15) is 14.9 Å². The van der Waals surface area contributed by atoms with Gasteiger partial charge in [0.15, 0.2) is 0 Å². The van der Waals surface area contributed by atoms with E-state index in [1.807, 2.05) is 7.05 Å². The van der Waals surface area contributed by atoms with Crippen molar-refractivity contribution in [2.24, 2.45) is 0 Å². The molecule has 0 fully saturated rings. The van der Waals surface area contributed by atoms with Crippen molar-refractivity contribution >= 4 is 39.3 Å². The van der Waals surface area contributed by atoms with E-state index in [0.29, 0.717) is 5.95 Å². The Balaban J connectivity index is 2.10. The van der Waals surface area contributed by atoms with Crippen LogP contribution in [0.1, 0.15) is 4.88 Å². The Kier molecular flexibility index (Phi) is 3.31. The molecule has 0 aliphatic heterocycles. The lowest BCUT2D eigenvalue weighted by atomic mass is 10.4. The highest BCUT2D eigenvalue weighted by atomic mass is 32.2. The summed E-state index contributed by atoms with van der Waals surface area (Å²) in [5, 5.41) is 5.79. The lowest BCUT2D eigenvalue weighted by Crippen LogP contribution is -1.97. The molecular formula is C12H11N5S2. The zero-order chi connectivity index (χ0) is 13.2. The molecule has 0 saturated heterocycles. The average molecular weight is 289 g/mol. The molecule has 0 radical (unpaired) electrons. The fourth-order valence-corrected chi connectivity index (χ4v) is 3.41. The molecule has 7 heteroatoms. The van der Waals surface area contributed by atoms with Crippen LogP contribution in [0.2, 0.25) is 0 Å². The zero-order valence-electron chi connectivity index (χ0n) is 10.4. The molecule has 0 bridgehead atoms. The van der Waals surface area contributed by atoms with Crippen LogP contribution >= 0.6 is 23.1 Å². The van der Waals surface area contributed by atoms with E-state index in [2.05, 4.69) is 38.2 Å². The monoisotopic (exact) mass is 289 g/mol. The van der Waals surface area contributed by atoms with Gasteiger partial charge in [-0.1, -0.05) is 0 Å². The number of fused-ring (bicyclic) bond motifs is 1. The molecule has 3 aromatic heterocycles. The SMILES string of the molecule is CNc1nc(Sc2cnccn2)c2cc(C)sc2n1. The third-order valence-corrected chi connectivity index (χ3v) is 4.31. The predicted octanol–water partition coefficient (Wildman–Crippen LogP) is 2.98. The molecule has 0 amide bonds. The van der Waals surface area contributed by atoms with Gasteiger partial charge in [0.2, 0.25) is 5.95 Å². The molecule has 3 rings (SSSR count). The van der Waals surface area contributed by atoms with E-state index >= 15 is 0 Å². The standard InChI is InChI=1S/C12H11N5S2/c1-7-5-8-10(18-7)16-12(13-2)17-11(8)19-9-6-14-3-4-15-9/h3-6H,1-2H3,(H,13,16,17). The van der Waals surface area contributed by atoms with Gasteiger partial charge >= 0.3 is 0 Å². The number of nitrogens with one attached hydrogen (secondary N) is 1. The molecule has 0 spiro atoms. The van der Waals surface area contributed by atoms with Gasteiger partial charge in [0.05, 0.1) is 6.20 Å². The van der Waals surface area contributed by atoms with Crippen molar-refractivity contribution in [3.63, 3.8) is 0 Å². The Morgan fingerprint density at radius 3 is 2.89 bits per heavy atom. The first-order valence-corrected chi connectivity index (χ1v) is 7.29. The summed E-state index contributed by atoms with van der Waals surface area (Å²) in [6.07, 6.45) is 5.07. The smallest absolute Gasteiger partial charge is 0.224 e. The van der Waals surface area contributed by atoms with Crippen LogP contribution in [-0.2, 0) is 0 Å². The zero-order valence-corrected chi connectivity index (χ0v) is 12.0. The van der Waals surface area contributed by atoms with Crippen LogP contribution in [0.25, 0.3) is 10.2 Å². The Morgan fingerprint density at radius 1 is 1.26 bits per heavy atom. The molecule has 0 aliphatic carbocycles. The molecule has 19 heavy (non-hydrogen) atoms. The number of hydrogen-bond donors (Lipinski definition) is 1. The Labute approximate surface area is 118 Å². The van der Waals surface area contributed by atoms with Gasteiger partial charge in [0, 0.05) is 29.7 Å². The van der Waals surface area contributed by atoms with Crippen LogP contribution < -0.4 is 5.32 Å². The molecule has 5 nitrogen and oxygen atoms in total. The fourth-order valence-electron chi connectivity index (χ4n) is 1.64. The first-order valence-electron chi connectivity index (χ1n) is 5.66. The number of aryl methyl sites for hydroxylation is 1. The van der Waals surface area contributed by atoms with Crippen molar-refractivity contribution in [2.75, 3.05) is 12.4 Å². The number of anilines is 1. The summed E-state index contributed by atoms with van der Waals surface area (Å²) >= 11 is 3.17. The van der Waals surface area contributed by atoms with E-state index in [1.165, 1.54) is 16.6 Å². The lowest BCUT2D eigenvalue weighted by Gasteiger charge is -2.04. The third kappa shape index (κ3) is 2.52. The number of nitrogens with zero attached hydrogens (tertiary/aromatic N) is 4. The van der Waals surface area contributed by atoms with E-state index < -0.39 is 0 Å². The second-order valence-electron chi connectivity index (χ2n) is 3.82. The molecule has 0 aromatic carbocycles. The van der Waals surface area contributed by atoms with Crippen LogP contribution in [-0.4, -0.2) is 27.0 Å². The van der Waals surface area contributed by atoms with Crippen LogP contribution in [0.15, 0.2) is 34.7 Å². The van der Waals surface area contributed by atoms with E-state index in [0.717, 1.165) is 20.3 Å². The summed E-state index contributed by atoms with van der Waals surface area (Å²) in [7, 11) is 1.82. The van der Waals surface area contributed by atoms with Gasteiger partial charge in [0.25, 0.3) is 0 Å². The third-order valence-electron chi connectivity index (χ3n) is 2.45. The fraction of sp³-hybridized carbons (Fsp3) is 0.167. The summed E-state index contributed by atoms with van der Waals surface area (Å²) in [4.78, 5) is 19.5. The summed E-state index contributed by atoms with van der Waals surface area (Å²) < 4.78 is 0. The van der Waals surface area contributed by atoms with Gasteiger partial charge in [-0.15, -0.1) is 11.3 Å². The minimum absolute atomic E-state index is 0.626. The van der Waals surface area contributed by atoms with Crippen molar-refractivity contribution in [1.82, 2.24) is 19.9 Å². The van der Waals surface area contributed by atoms with Crippen molar-refractivity contribution in [1.29, 1.82) is 0 Å². The molecule has 3 aromatic rings. The molecule has 0 aliphatic rings.